The van der Waals surface area contributed by atoms with Crippen LogP contribution in [-0.4, -0.2) is 0 Å². The van der Waals surface area contributed by atoms with Gasteiger partial charge in [0.1, 0.15) is 5.82 Å². The van der Waals surface area contributed by atoms with Gasteiger partial charge in [0.2, 0.25) is 0 Å². The van der Waals surface area contributed by atoms with Crippen LogP contribution in [0.4, 0.5) is 10.1 Å². The molecule has 0 heterocycles. The van der Waals surface area contributed by atoms with Gasteiger partial charge in [-0.25, -0.2) is 4.39 Å². The van der Waals surface area contributed by atoms with Gasteiger partial charge in [-0.2, -0.15) is 0 Å². The van der Waals surface area contributed by atoms with Crippen molar-refractivity contribution in [1.82, 2.24) is 0 Å². The van der Waals surface area contributed by atoms with E-state index in [1.165, 1.54) is 6.07 Å². The van der Waals surface area contributed by atoms with Gasteiger partial charge in [0.25, 0.3) is 0 Å². The minimum atomic E-state index is -0.419. The van der Waals surface area contributed by atoms with Gasteiger partial charge in [0.05, 0.1) is 10.7 Å². The zero-order valence-electron chi connectivity index (χ0n) is 10.1. The van der Waals surface area contributed by atoms with Crippen molar-refractivity contribution in [3.8, 4) is 0 Å². The molecule has 2 rings (SSSR count). The maximum absolute atomic E-state index is 13.4. The highest BCUT2D eigenvalue weighted by atomic mass is 79.9. The van der Waals surface area contributed by atoms with Gasteiger partial charge in [-0.3, -0.25) is 0 Å². The van der Waals surface area contributed by atoms with Gasteiger partial charge in [-0.15, -0.1) is 0 Å². The van der Waals surface area contributed by atoms with Gasteiger partial charge in [-0.05, 0) is 58.7 Å². The number of benzene rings is 2. The quantitative estimate of drug-likeness (QED) is 0.698. The molecule has 1 atom stereocenters. The van der Waals surface area contributed by atoms with Crippen molar-refractivity contribution < 1.29 is 4.39 Å². The molecule has 0 radical (unpaired) electrons. The maximum Gasteiger partial charge on any atom is 0.142 e. The number of nitrogens with one attached hydrogen (secondary N) is 1. The van der Waals surface area contributed by atoms with Crippen molar-refractivity contribution >= 4 is 44.8 Å². The molecule has 0 saturated carbocycles. The third-order valence-electron chi connectivity index (χ3n) is 2.74. The Kier molecular flexibility index (Phi) is 4.71. The normalized spacial score (nSPS) is 12.3. The monoisotopic (exact) mass is 361 g/mol. The second-order valence-electron chi connectivity index (χ2n) is 4.16. The van der Waals surface area contributed by atoms with E-state index < -0.39 is 5.82 Å². The first-order valence-corrected chi connectivity index (χ1v) is 7.19. The molecule has 0 amide bonds. The van der Waals surface area contributed by atoms with E-state index >= 15 is 0 Å². The molecule has 2 aromatic rings. The van der Waals surface area contributed by atoms with Crippen LogP contribution in [0.3, 0.4) is 0 Å². The number of hydrogen-bond donors (Lipinski definition) is 1. The first-order chi connectivity index (χ1) is 8.97. The van der Waals surface area contributed by atoms with Gasteiger partial charge >= 0.3 is 0 Å². The van der Waals surface area contributed by atoms with E-state index in [-0.39, 0.29) is 11.1 Å². The van der Waals surface area contributed by atoms with Crippen molar-refractivity contribution in [3.05, 3.63) is 62.3 Å². The van der Waals surface area contributed by atoms with Crippen LogP contribution in [0.5, 0.6) is 0 Å². The number of halogens is 4. The third-order valence-corrected chi connectivity index (χ3v) is 3.98. The standard InChI is InChI=1S/C14H11BrCl2FN/c1-8(9-2-5-12(17)13(18)6-9)19-14-7-10(16)3-4-11(14)15/h2-8,19H,1H3. The largest absolute Gasteiger partial charge is 0.378 e. The first kappa shape index (κ1) is 14.6. The van der Waals surface area contributed by atoms with Crippen LogP contribution in [0, 0.1) is 5.82 Å². The molecular formula is C14H11BrCl2FN. The molecule has 0 aliphatic carbocycles. The van der Waals surface area contributed by atoms with E-state index in [1.807, 2.05) is 19.1 Å². The van der Waals surface area contributed by atoms with Crippen LogP contribution in [0.2, 0.25) is 10.0 Å². The van der Waals surface area contributed by atoms with Gasteiger partial charge < -0.3 is 5.32 Å². The molecule has 0 spiro atoms. The summed E-state index contributed by atoms with van der Waals surface area (Å²) >= 11 is 15.1. The Balaban J connectivity index is 2.22. The minimum absolute atomic E-state index is 0.0680. The van der Waals surface area contributed by atoms with Crippen LogP contribution >= 0.6 is 39.1 Å². The predicted molar refractivity (Wildman–Crippen MR) is 82.6 cm³/mol. The molecular weight excluding hydrogens is 352 g/mol. The number of anilines is 1. The van der Waals surface area contributed by atoms with Crippen molar-refractivity contribution in [3.63, 3.8) is 0 Å². The zero-order valence-corrected chi connectivity index (χ0v) is 13.2. The SMILES string of the molecule is CC(Nc1cc(Cl)ccc1Br)c1ccc(Cl)c(F)c1. The highest BCUT2D eigenvalue weighted by molar-refractivity contribution is 9.10. The molecule has 1 N–H and O–H groups in total. The Morgan fingerprint density at radius 1 is 1.16 bits per heavy atom. The van der Waals surface area contributed by atoms with Crippen molar-refractivity contribution in [2.45, 2.75) is 13.0 Å². The van der Waals surface area contributed by atoms with E-state index in [0.717, 1.165) is 15.7 Å². The summed E-state index contributed by atoms with van der Waals surface area (Å²) in [7, 11) is 0. The van der Waals surface area contributed by atoms with Crippen molar-refractivity contribution in [2.75, 3.05) is 5.32 Å². The van der Waals surface area contributed by atoms with Crippen LogP contribution in [-0.2, 0) is 0 Å². The van der Waals surface area contributed by atoms with E-state index in [2.05, 4.69) is 21.2 Å². The van der Waals surface area contributed by atoms with E-state index in [4.69, 9.17) is 23.2 Å². The van der Waals surface area contributed by atoms with Crippen molar-refractivity contribution in [2.24, 2.45) is 0 Å². The summed E-state index contributed by atoms with van der Waals surface area (Å²) in [4.78, 5) is 0. The zero-order chi connectivity index (χ0) is 14.0. The lowest BCUT2D eigenvalue weighted by atomic mass is 10.1. The van der Waals surface area contributed by atoms with Gasteiger partial charge in [0, 0.05) is 15.5 Å². The molecule has 1 nitrogen and oxygen atoms in total. The van der Waals surface area contributed by atoms with E-state index in [0.29, 0.717) is 5.02 Å². The molecule has 1 unspecified atom stereocenters. The summed E-state index contributed by atoms with van der Waals surface area (Å²) in [5, 5.41) is 4.04. The lowest BCUT2D eigenvalue weighted by Crippen LogP contribution is -2.07. The summed E-state index contributed by atoms with van der Waals surface area (Å²) in [6, 6.07) is 10.2. The Bertz CT molecular complexity index is 604. The smallest absolute Gasteiger partial charge is 0.142 e. The summed E-state index contributed by atoms with van der Waals surface area (Å²) < 4.78 is 14.3. The average molecular weight is 363 g/mol. The Labute approximate surface area is 129 Å². The molecule has 19 heavy (non-hydrogen) atoms. The molecule has 100 valence electrons. The van der Waals surface area contributed by atoms with Crippen LogP contribution in [0.25, 0.3) is 0 Å². The van der Waals surface area contributed by atoms with Gasteiger partial charge in [0.15, 0.2) is 0 Å². The second-order valence-corrected chi connectivity index (χ2v) is 5.86. The number of hydrogen-bond acceptors (Lipinski definition) is 1. The fourth-order valence-electron chi connectivity index (χ4n) is 1.71. The molecule has 0 bridgehead atoms. The predicted octanol–water partition coefficient (Wildman–Crippen LogP) is 6.07. The topological polar surface area (TPSA) is 12.0 Å². The summed E-state index contributed by atoms with van der Waals surface area (Å²) in [6.45, 7) is 1.94. The summed E-state index contributed by atoms with van der Waals surface area (Å²) in [5.41, 5.74) is 1.67. The maximum atomic E-state index is 13.4. The fourth-order valence-corrected chi connectivity index (χ4v) is 2.36. The third kappa shape index (κ3) is 3.62. The highest BCUT2D eigenvalue weighted by Crippen LogP contribution is 2.30. The lowest BCUT2D eigenvalue weighted by Gasteiger charge is -2.17. The first-order valence-electron chi connectivity index (χ1n) is 5.64. The molecule has 0 aliphatic heterocycles. The van der Waals surface area contributed by atoms with E-state index in [9.17, 15) is 4.39 Å². The average Bonchev–Trinajstić information content (AvgIpc) is 2.37. The lowest BCUT2D eigenvalue weighted by molar-refractivity contribution is 0.624. The van der Waals surface area contributed by atoms with Crippen LogP contribution in [0.15, 0.2) is 40.9 Å². The molecule has 0 saturated heterocycles. The molecule has 0 aliphatic rings. The van der Waals surface area contributed by atoms with E-state index in [1.54, 1.807) is 18.2 Å². The van der Waals surface area contributed by atoms with Crippen molar-refractivity contribution in [1.29, 1.82) is 0 Å². The highest BCUT2D eigenvalue weighted by Gasteiger charge is 2.10. The Morgan fingerprint density at radius 3 is 2.58 bits per heavy atom. The Morgan fingerprint density at radius 2 is 1.89 bits per heavy atom. The van der Waals surface area contributed by atoms with Gasteiger partial charge in [-0.1, -0.05) is 29.3 Å². The second kappa shape index (κ2) is 6.12. The minimum Gasteiger partial charge on any atom is -0.378 e. The molecule has 0 aromatic heterocycles. The Hall–Kier alpha value is -0.770. The summed E-state index contributed by atoms with van der Waals surface area (Å²) in [5.74, 6) is -0.419. The molecule has 5 heteroatoms. The fraction of sp³-hybridized carbons (Fsp3) is 0.143. The van der Waals surface area contributed by atoms with Crippen LogP contribution < -0.4 is 5.32 Å². The van der Waals surface area contributed by atoms with Crippen LogP contribution in [0.1, 0.15) is 18.5 Å². The summed E-state index contributed by atoms with van der Waals surface area (Å²) in [6.07, 6.45) is 0. The number of rotatable bonds is 3. The molecule has 0 fully saturated rings. The molecule has 2 aromatic carbocycles.